The van der Waals surface area contributed by atoms with Gasteiger partial charge in [0.05, 0.1) is 6.10 Å². The fourth-order valence-electron chi connectivity index (χ4n) is 2.51. The number of aryl methyl sites for hydroxylation is 2. The summed E-state index contributed by atoms with van der Waals surface area (Å²) in [5.74, 6) is 0.0383. The molecular formula is C19H22BrNO2. The Morgan fingerprint density at radius 3 is 2.57 bits per heavy atom. The van der Waals surface area contributed by atoms with Gasteiger partial charge in [0.15, 0.2) is 0 Å². The number of halogens is 1. The van der Waals surface area contributed by atoms with Gasteiger partial charge >= 0.3 is 0 Å². The number of hydrogen-bond acceptors (Lipinski definition) is 2. The summed E-state index contributed by atoms with van der Waals surface area (Å²) < 4.78 is 6.57. The van der Waals surface area contributed by atoms with Crippen LogP contribution in [0.3, 0.4) is 0 Å². The van der Waals surface area contributed by atoms with Crippen molar-refractivity contribution in [2.24, 2.45) is 0 Å². The number of rotatable bonds is 7. The molecule has 2 aromatic rings. The molecule has 0 heterocycles. The molecule has 2 rings (SSSR count). The summed E-state index contributed by atoms with van der Waals surface area (Å²) in [5, 5.41) is 2.97. The Morgan fingerprint density at radius 2 is 1.87 bits per heavy atom. The van der Waals surface area contributed by atoms with Crippen molar-refractivity contribution in [2.45, 2.75) is 25.9 Å². The molecule has 3 nitrogen and oxygen atoms in total. The topological polar surface area (TPSA) is 38.3 Å². The maximum Gasteiger partial charge on any atom is 0.220 e. The zero-order valence-electron chi connectivity index (χ0n) is 13.5. The highest BCUT2D eigenvalue weighted by molar-refractivity contribution is 9.10. The normalized spacial score (nSPS) is 12.0. The van der Waals surface area contributed by atoms with Gasteiger partial charge in [-0.2, -0.15) is 0 Å². The van der Waals surface area contributed by atoms with E-state index in [-0.39, 0.29) is 12.0 Å². The SMILES string of the molecule is CO[C@@H](CNC(=O)CCc1ccccc1Br)c1ccccc1C. The molecule has 0 aliphatic heterocycles. The summed E-state index contributed by atoms with van der Waals surface area (Å²) in [6, 6.07) is 16.1. The molecular weight excluding hydrogens is 354 g/mol. The minimum absolute atomic E-state index is 0.0383. The quantitative estimate of drug-likeness (QED) is 0.787. The molecule has 1 amide bonds. The Hall–Kier alpha value is -1.65. The van der Waals surface area contributed by atoms with E-state index in [9.17, 15) is 4.79 Å². The standard InChI is InChI=1S/C19H22BrNO2/c1-14-7-3-5-9-16(14)18(23-2)13-21-19(22)12-11-15-8-4-6-10-17(15)20/h3-10,18H,11-13H2,1-2H3,(H,21,22)/t18-/m0/s1. The smallest absolute Gasteiger partial charge is 0.220 e. The number of ether oxygens (including phenoxy) is 1. The monoisotopic (exact) mass is 375 g/mol. The third kappa shape index (κ3) is 5.19. The molecule has 0 fully saturated rings. The molecule has 122 valence electrons. The summed E-state index contributed by atoms with van der Waals surface area (Å²) in [4.78, 5) is 12.1. The molecule has 0 saturated heterocycles. The van der Waals surface area contributed by atoms with E-state index in [0.717, 1.165) is 22.0 Å². The number of hydrogen-bond donors (Lipinski definition) is 1. The van der Waals surface area contributed by atoms with Crippen LogP contribution >= 0.6 is 15.9 Å². The third-order valence-electron chi connectivity index (χ3n) is 3.88. The van der Waals surface area contributed by atoms with Crippen LogP contribution in [0.1, 0.15) is 29.2 Å². The van der Waals surface area contributed by atoms with Crippen LogP contribution in [-0.4, -0.2) is 19.6 Å². The Labute approximate surface area is 146 Å². The van der Waals surface area contributed by atoms with Crippen LogP contribution < -0.4 is 5.32 Å². The second-order valence-corrected chi connectivity index (χ2v) is 6.33. The molecule has 4 heteroatoms. The first kappa shape index (κ1) is 17.7. The minimum Gasteiger partial charge on any atom is -0.375 e. The number of methoxy groups -OCH3 is 1. The van der Waals surface area contributed by atoms with Gasteiger partial charge in [0, 0.05) is 24.5 Å². The summed E-state index contributed by atoms with van der Waals surface area (Å²) in [7, 11) is 1.67. The molecule has 0 saturated carbocycles. The Balaban J connectivity index is 1.86. The predicted molar refractivity (Wildman–Crippen MR) is 96.4 cm³/mol. The first-order valence-corrected chi connectivity index (χ1v) is 8.49. The van der Waals surface area contributed by atoms with Crippen LogP contribution in [0, 0.1) is 6.92 Å². The zero-order valence-corrected chi connectivity index (χ0v) is 15.1. The van der Waals surface area contributed by atoms with E-state index >= 15 is 0 Å². The van der Waals surface area contributed by atoms with Crippen molar-refractivity contribution < 1.29 is 9.53 Å². The van der Waals surface area contributed by atoms with Gasteiger partial charge in [-0.3, -0.25) is 4.79 Å². The van der Waals surface area contributed by atoms with Crippen molar-refractivity contribution in [1.29, 1.82) is 0 Å². The lowest BCUT2D eigenvalue weighted by Gasteiger charge is -2.18. The van der Waals surface area contributed by atoms with Crippen LogP contribution in [0.5, 0.6) is 0 Å². The molecule has 1 atom stereocenters. The lowest BCUT2D eigenvalue weighted by Crippen LogP contribution is -2.29. The van der Waals surface area contributed by atoms with Crippen molar-refractivity contribution in [3.8, 4) is 0 Å². The van der Waals surface area contributed by atoms with E-state index in [2.05, 4.69) is 34.2 Å². The molecule has 2 aromatic carbocycles. The van der Waals surface area contributed by atoms with Gasteiger partial charge < -0.3 is 10.1 Å². The predicted octanol–water partition coefficient (Wildman–Crippen LogP) is 4.19. The van der Waals surface area contributed by atoms with E-state index in [1.165, 1.54) is 5.56 Å². The number of amides is 1. The molecule has 0 bridgehead atoms. The average molecular weight is 376 g/mol. The fourth-order valence-corrected chi connectivity index (χ4v) is 3.00. The number of nitrogens with one attached hydrogen (secondary N) is 1. The van der Waals surface area contributed by atoms with Crippen molar-refractivity contribution in [2.75, 3.05) is 13.7 Å². The lowest BCUT2D eigenvalue weighted by atomic mass is 10.0. The van der Waals surface area contributed by atoms with Crippen LogP contribution in [0.25, 0.3) is 0 Å². The molecule has 0 aromatic heterocycles. The number of benzene rings is 2. The Bertz CT molecular complexity index is 657. The second-order valence-electron chi connectivity index (χ2n) is 5.48. The number of carbonyl (C=O) groups is 1. The van der Waals surface area contributed by atoms with Crippen LogP contribution in [-0.2, 0) is 16.0 Å². The third-order valence-corrected chi connectivity index (χ3v) is 4.66. The summed E-state index contributed by atoms with van der Waals surface area (Å²) in [5.41, 5.74) is 3.42. The van der Waals surface area contributed by atoms with Gasteiger partial charge in [0.2, 0.25) is 5.91 Å². The average Bonchev–Trinajstić information content (AvgIpc) is 2.56. The summed E-state index contributed by atoms with van der Waals surface area (Å²) in [6.07, 6.45) is 1.06. The Kier molecular flexibility index (Phi) is 6.81. The Morgan fingerprint density at radius 1 is 1.17 bits per heavy atom. The van der Waals surface area contributed by atoms with Crippen LogP contribution in [0.4, 0.5) is 0 Å². The van der Waals surface area contributed by atoms with Crippen molar-refractivity contribution in [3.05, 3.63) is 69.7 Å². The maximum absolute atomic E-state index is 12.1. The maximum atomic E-state index is 12.1. The second kappa shape index (κ2) is 8.85. The first-order chi connectivity index (χ1) is 11.1. The van der Waals surface area contributed by atoms with E-state index in [0.29, 0.717) is 13.0 Å². The van der Waals surface area contributed by atoms with Crippen molar-refractivity contribution >= 4 is 21.8 Å². The van der Waals surface area contributed by atoms with Gasteiger partial charge in [-0.25, -0.2) is 0 Å². The lowest BCUT2D eigenvalue weighted by molar-refractivity contribution is -0.121. The molecule has 0 aliphatic carbocycles. The van der Waals surface area contributed by atoms with E-state index < -0.39 is 0 Å². The van der Waals surface area contributed by atoms with Gasteiger partial charge in [-0.1, -0.05) is 58.4 Å². The highest BCUT2D eigenvalue weighted by Crippen LogP contribution is 2.20. The fraction of sp³-hybridized carbons (Fsp3) is 0.316. The molecule has 1 N–H and O–H groups in total. The van der Waals surface area contributed by atoms with E-state index in [4.69, 9.17) is 4.74 Å². The van der Waals surface area contributed by atoms with Crippen molar-refractivity contribution in [1.82, 2.24) is 5.32 Å². The summed E-state index contributed by atoms with van der Waals surface area (Å²) in [6.45, 7) is 2.53. The van der Waals surface area contributed by atoms with Gasteiger partial charge in [0.1, 0.15) is 0 Å². The number of carbonyl (C=O) groups excluding carboxylic acids is 1. The van der Waals surface area contributed by atoms with E-state index in [1.807, 2.05) is 42.5 Å². The molecule has 0 unspecified atom stereocenters. The molecule has 0 spiro atoms. The largest absolute Gasteiger partial charge is 0.375 e. The van der Waals surface area contributed by atoms with Gasteiger partial charge in [0.25, 0.3) is 0 Å². The highest BCUT2D eigenvalue weighted by atomic mass is 79.9. The zero-order chi connectivity index (χ0) is 16.7. The van der Waals surface area contributed by atoms with Gasteiger partial charge in [-0.05, 0) is 36.1 Å². The molecule has 23 heavy (non-hydrogen) atoms. The summed E-state index contributed by atoms with van der Waals surface area (Å²) >= 11 is 3.51. The first-order valence-electron chi connectivity index (χ1n) is 7.70. The van der Waals surface area contributed by atoms with Crippen LogP contribution in [0.15, 0.2) is 53.0 Å². The van der Waals surface area contributed by atoms with Gasteiger partial charge in [-0.15, -0.1) is 0 Å². The highest BCUT2D eigenvalue weighted by Gasteiger charge is 2.14. The minimum atomic E-state index is -0.122. The van der Waals surface area contributed by atoms with Crippen molar-refractivity contribution in [3.63, 3.8) is 0 Å². The molecule has 0 aliphatic rings. The van der Waals surface area contributed by atoms with Crippen LogP contribution in [0.2, 0.25) is 0 Å². The van der Waals surface area contributed by atoms with E-state index in [1.54, 1.807) is 7.11 Å². The molecule has 0 radical (unpaired) electrons.